The lowest BCUT2D eigenvalue weighted by Crippen LogP contribution is -2.30. The Kier molecular flexibility index (Phi) is 51.1. The van der Waals surface area contributed by atoms with Crippen LogP contribution in [0.25, 0.3) is 0 Å². The summed E-state index contributed by atoms with van der Waals surface area (Å²) in [6, 6.07) is 0. The van der Waals surface area contributed by atoms with E-state index in [-0.39, 0.29) is 31.1 Å². The molecule has 6 nitrogen and oxygen atoms in total. The van der Waals surface area contributed by atoms with Crippen LogP contribution in [0.2, 0.25) is 0 Å². The van der Waals surface area contributed by atoms with Crippen molar-refractivity contribution in [3.63, 3.8) is 0 Å². The second-order valence-electron chi connectivity index (χ2n) is 20.2. The first kappa shape index (κ1) is 62.4. The topological polar surface area (TPSA) is 78.9 Å². The molecule has 0 fully saturated rings. The van der Waals surface area contributed by atoms with E-state index in [1.54, 1.807) is 0 Å². The highest BCUT2D eigenvalue weighted by Crippen LogP contribution is 2.18. The maximum atomic E-state index is 12.8. The highest BCUT2D eigenvalue weighted by molar-refractivity contribution is 5.71. The molecule has 0 spiro atoms. The molecule has 0 N–H and O–H groups in total. The lowest BCUT2D eigenvalue weighted by molar-refractivity contribution is -0.167. The summed E-state index contributed by atoms with van der Waals surface area (Å²) in [6.45, 7) is 9.08. The van der Waals surface area contributed by atoms with Crippen LogP contribution in [0.4, 0.5) is 0 Å². The predicted molar refractivity (Wildman–Crippen MR) is 275 cm³/mol. The molecule has 0 aromatic rings. The molecular formula is C58H112O6. The van der Waals surface area contributed by atoms with Crippen molar-refractivity contribution in [1.29, 1.82) is 0 Å². The molecule has 0 bridgehead atoms. The number of rotatable bonds is 53. The summed E-state index contributed by atoms with van der Waals surface area (Å²) in [6.07, 6.45) is 56.6. The molecule has 0 saturated carbocycles. The van der Waals surface area contributed by atoms with Crippen molar-refractivity contribution in [3.05, 3.63) is 0 Å². The van der Waals surface area contributed by atoms with Crippen LogP contribution in [0.1, 0.15) is 329 Å². The molecule has 0 aliphatic rings. The number of unbranched alkanes of at least 4 members (excludes halogenated alkanes) is 39. The van der Waals surface area contributed by atoms with E-state index in [1.807, 2.05) is 0 Å². The van der Waals surface area contributed by atoms with Crippen molar-refractivity contribution < 1.29 is 28.6 Å². The quantitative estimate of drug-likeness (QED) is 0.0344. The van der Waals surface area contributed by atoms with Gasteiger partial charge in [-0.3, -0.25) is 14.4 Å². The molecule has 0 aliphatic carbocycles. The minimum atomic E-state index is -0.762. The first-order valence-electron chi connectivity index (χ1n) is 28.9. The van der Waals surface area contributed by atoms with Crippen molar-refractivity contribution in [2.75, 3.05) is 13.2 Å². The van der Waals surface area contributed by atoms with E-state index < -0.39 is 6.10 Å². The van der Waals surface area contributed by atoms with Gasteiger partial charge in [-0.25, -0.2) is 0 Å². The van der Waals surface area contributed by atoms with Gasteiger partial charge in [0.05, 0.1) is 0 Å². The fraction of sp³-hybridized carbons (Fsp3) is 0.948. The van der Waals surface area contributed by atoms with Gasteiger partial charge in [-0.15, -0.1) is 0 Å². The number of ether oxygens (including phenoxy) is 3. The highest BCUT2D eigenvalue weighted by atomic mass is 16.6. The molecular weight excluding hydrogens is 793 g/mol. The van der Waals surface area contributed by atoms with Crippen LogP contribution in [0.3, 0.4) is 0 Å². The summed E-state index contributed by atoms with van der Waals surface area (Å²) in [7, 11) is 0. The Morgan fingerprint density at radius 2 is 0.547 bits per heavy atom. The maximum Gasteiger partial charge on any atom is 0.306 e. The molecule has 64 heavy (non-hydrogen) atoms. The summed E-state index contributed by atoms with van der Waals surface area (Å²) in [4.78, 5) is 38.1. The lowest BCUT2D eigenvalue weighted by atomic mass is 9.99. The Morgan fingerprint density at radius 3 is 0.812 bits per heavy atom. The van der Waals surface area contributed by atoms with Crippen LogP contribution in [0.15, 0.2) is 0 Å². The number of hydrogen-bond acceptors (Lipinski definition) is 6. The molecule has 0 aliphatic heterocycles. The Balaban J connectivity index is 4.27. The van der Waals surface area contributed by atoms with E-state index in [2.05, 4.69) is 27.7 Å². The van der Waals surface area contributed by atoms with Gasteiger partial charge in [0.1, 0.15) is 13.2 Å². The molecule has 0 radical (unpaired) electrons. The second kappa shape index (κ2) is 52.4. The molecule has 0 saturated heterocycles. The third-order valence-electron chi connectivity index (χ3n) is 13.7. The largest absolute Gasteiger partial charge is 0.462 e. The molecule has 0 amide bonds. The third kappa shape index (κ3) is 49.8. The van der Waals surface area contributed by atoms with Crippen molar-refractivity contribution in [1.82, 2.24) is 0 Å². The lowest BCUT2D eigenvalue weighted by Gasteiger charge is -2.18. The van der Waals surface area contributed by atoms with Gasteiger partial charge in [0.25, 0.3) is 0 Å². The Hall–Kier alpha value is -1.59. The normalized spacial score (nSPS) is 12.4. The zero-order valence-electron chi connectivity index (χ0n) is 43.8. The van der Waals surface area contributed by atoms with Crippen molar-refractivity contribution >= 4 is 17.9 Å². The monoisotopic (exact) mass is 905 g/mol. The second-order valence-corrected chi connectivity index (χ2v) is 20.2. The Morgan fingerprint density at radius 1 is 0.312 bits per heavy atom. The fourth-order valence-corrected chi connectivity index (χ4v) is 8.89. The van der Waals surface area contributed by atoms with E-state index in [4.69, 9.17) is 14.2 Å². The van der Waals surface area contributed by atoms with Crippen molar-refractivity contribution in [2.24, 2.45) is 5.92 Å². The van der Waals surface area contributed by atoms with E-state index in [0.29, 0.717) is 19.3 Å². The van der Waals surface area contributed by atoms with Crippen LogP contribution in [-0.4, -0.2) is 37.2 Å². The first-order valence-corrected chi connectivity index (χ1v) is 28.9. The van der Waals surface area contributed by atoms with Gasteiger partial charge >= 0.3 is 17.9 Å². The van der Waals surface area contributed by atoms with E-state index in [9.17, 15) is 14.4 Å². The summed E-state index contributed by atoms with van der Waals surface area (Å²) >= 11 is 0. The molecule has 1 unspecified atom stereocenters. The summed E-state index contributed by atoms with van der Waals surface area (Å²) in [5, 5.41) is 0. The molecule has 0 aromatic carbocycles. The van der Waals surface area contributed by atoms with Crippen LogP contribution in [0, 0.1) is 5.92 Å². The summed E-state index contributed by atoms with van der Waals surface area (Å²) in [5.74, 6) is 0.0303. The van der Waals surface area contributed by atoms with Crippen molar-refractivity contribution in [2.45, 2.75) is 336 Å². The zero-order chi connectivity index (χ0) is 46.7. The maximum absolute atomic E-state index is 12.8. The molecule has 2 atom stereocenters. The summed E-state index contributed by atoms with van der Waals surface area (Å²) < 4.78 is 16.9. The van der Waals surface area contributed by atoms with Crippen LogP contribution < -0.4 is 0 Å². The number of carbonyl (C=O) groups excluding carboxylic acids is 3. The number of carbonyl (C=O) groups is 3. The number of esters is 3. The molecule has 0 aromatic heterocycles. The fourth-order valence-electron chi connectivity index (χ4n) is 8.89. The average Bonchev–Trinajstić information content (AvgIpc) is 3.29. The van der Waals surface area contributed by atoms with E-state index in [0.717, 1.165) is 63.7 Å². The minimum Gasteiger partial charge on any atom is -0.462 e. The van der Waals surface area contributed by atoms with Crippen LogP contribution in [0.5, 0.6) is 0 Å². The van der Waals surface area contributed by atoms with Crippen LogP contribution >= 0.6 is 0 Å². The molecule has 6 heteroatoms. The third-order valence-corrected chi connectivity index (χ3v) is 13.7. The van der Waals surface area contributed by atoms with Gasteiger partial charge in [0.2, 0.25) is 0 Å². The van der Waals surface area contributed by atoms with E-state index in [1.165, 1.54) is 225 Å². The molecule has 0 rings (SSSR count). The predicted octanol–water partition coefficient (Wildman–Crippen LogP) is 19.0. The van der Waals surface area contributed by atoms with E-state index >= 15 is 0 Å². The molecule has 0 heterocycles. The zero-order valence-corrected chi connectivity index (χ0v) is 43.8. The van der Waals surface area contributed by atoms with Gasteiger partial charge in [-0.1, -0.05) is 291 Å². The van der Waals surface area contributed by atoms with Crippen molar-refractivity contribution in [3.8, 4) is 0 Å². The standard InChI is InChI=1S/C58H112O6/c1-5-8-10-12-14-16-18-20-21-22-23-24-25-27-29-34-38-42-46-50-57(60)63-53-55(52-62-56(59)49-45-41-37-33-28-26-19-17-15-13-11-9-6-2)64-58(61)51-47-43-39-35-31-30-32-36-40-44-48-54(4)7-3/h54-55H,5-53H2,1-4H3/t54?,55-/m1/s1. The Labute approximate surface area is 399 Å². The SMILES string of the molecule is CCCCCCCCCCCCCCCCCCCCCC(=O)OC[C@@H](COC(=O)CCCCCCCCCCCCCCC)OC(=O)CCCCCCCCCCCCC(C)CC. The smallest absolute Gasteiger partial charge is 0.306 e. The molecule has 380 valence electrons. The van der Waals surface area contributed by atoms with Gasteiger partial charge in [0, 0.05) is 19.3 Å². The Bertz CT molecular complexity index is 966. The first-order chi connectivity index (χ1) is 31.4. The number of hydrogen-bond donors (Lipinski definition) is 0. The average molecular weight is 906 g/mol. The van der Waals surface area contributed by atoms with Gasteiger partial charge < -0.3 is 14.2 Å². The highest BCUT2D eigenvalue weighted by Gasteiger charge is 2.19. The minimum absolute atomic E-state index is 0.0622. The van der Waals surface area contributed by atoms with Gasteiger partial charge in [-0.05, 0) is 25.2 Å². The van der Waals surface area contributed by atoms with Gasteiger partial charge in [-0.2, -0.15) is 0 Å². The van der Waals surface area contributed by atoms with Crippen LogP contribution in [-0.2, 0) is 28.6 Å². The summed E-state index contributed by atoms with van der Waals surface area (Å²) in [5.41, 5.74) is 0. The van der Waals surface area contributed by atoms with Gasteiger partial charge in [0.15, 0.2) is 6.10 Å².